The topological polar surface area (TPSA) is 133 Å². The molecule has 3 aromatic carbocycles. The van der Waals surface area contributed by atoms with Crippen molar-refractivity contribution >= 4 is 29.1 Å². The smallest absolute Gasteiger partial charge is 0.481 e. The molecule has 0 saturated heterocycles. The quantitative estimate of drug-likeness (QED) is 0.233. The summed E-state index contributed by atoms with van der Waals surface area (Å²) in [5.74, 6) is -3.02. The number of carbonyl (C=O) groups excluding carboxylic acids is 2. The Bertz CT molecular complexity index is 1880. The molecule has 9 bridgehead atoms. The van der Waals surface area contributed by atoms with Gasteiger partial charge in [0.15, 0.2) is 0 Å². The molecule has 1 amide bonds. The van der Waals surface area contributed by atoms with E-state index in [1.165, 1.54) is 0 Å². The third-order valence-electron chi connectivity index (χ3n) is 10.6. The van der Waals surface area contributed by atoms with Crippen LogP contribution >= 0.6 is 0 Å². The van der Waals surface area contributed by atoms with Gasteiger partial charge < -0.3 is 24.2 Å². The fraction of sp³-hybridized carbons (Fsp3) is 0.462. The van der Waals surface area contributed by atoms with Crippen molar-refractivity contribution in [2.24, 2.45) is 5.92 Å². The van der Waals surface area contributed by atoms with Crippen LogP contribution in [0.15, 0.2) is 54.6 Å². The molecule has 3 unspecified atom stereocenters. The largest absolute Gasteiger partial charge is 0.508 e. The minimum atomic E-state index is -1.16. The van der Waals surface area contributed by atoms with Gasteiger partial charge in [-0.1, -0.05) is 48.0 Å². The molecule has 0 spiro atoms. The highest BCUT2D eigenvalue weighted by Gasteiger charge is 2.40. The summed E-state index contributed by atoms with van der Waals surface area (Å²) in [5.41, 5.74) is 7.53. The van der Waals surface area contributed by atoms with Gasteiger partial charge in [0, 0.05) is 37.7 Å². The molecule has 6 heterocycles. The van der Waals surface area contributed by atoms with E-state index >= 15 is 0 Å². The van der Waals surface area contributed by atoms with Crippen molar-refractivity contribution in [3.63, 3.8) is 0 Å². The van der Waals surface area contributed by atoms with Crippen LogP contribution in [0, 0.1) is 12.8 Å². The van der Waals surface area contributed by atoms with E-state index in [-0.39, 0.29) is 12.0 Å². The van der Waals surface area contributed by atoms with E-state index in [1.54, 1.807) is 6.92 Å². The van der Waals surface area contributed by atoms with Crippen LogP contribution in [0.1, 0.15) is 95.1 Å². The zero-order valence-corrected chi connectivity index (χ0v) is 28.7. The van der Waals surface area contributed by atoms with Crippen molar-refractivity contribution in [3.05, 3.63) is 93.5 Å². The summed E-state index contributed by atoms with van der Waals surface area (Å²) in [6.07, 6.45) is 3.96. The van der Waals surface area contributed by atoms with E-state index < -0.39 is 30.1 Å². The standard InChI is InChI=1S/C39H44N4O7/c1-24-32-15-16-33-36(24)40-41-43(33)18-6-20-48-23-26-9-11-28(12-10-26)37(44)42-19-17-27-13-14-29(21-30(27)22-42)35(32)34(38(45)46)25(2)49-39(47)50-31-7-4-3-5-8-31/h9-16,21,25,31,34-35H,3-8,17-20,22-23H2,1-2H3,(H,45,46). The number of hydrogen-bond acceptors (Lipinski definition) is 8. The van der Waals surface area contributed by atoms with Gasteiger partial charge in [-0.15, -0.1) is 5.10 Å². The van der Waals surface area contributed by atoms with Gasteiger partial charge in [-0.3, -0.25) is 9.59 Å². The first kappa shape index (κ1) is 33.7. The Hall–Kier alpha value is -4.77. The van der Waals surface area contributed by atoms with Gasteiger partial charge in [0.1, 0.15) is 23.6 Å². The van der Waals surface area contributed by atoms with Crippen molar-refractivity contribution < 1.29 is 33.7 Å². The van der Waals surface area contributed by atoms with Crippen LogP contribution < -0.4 is 0 Å². The molecule has 262 valence electrons. The lowest BCUT2D eigenvalue weighted by atomic mass is 9.75. The van der Waals surface area contributed by atoms with E-state index in [2.05, 4.69) is 10.3 Å². The lowest BCUT2D eigenvalue weighted by Crippen LogP contribution is -2.37. The number of rotatable bonds is 5. The van der Waals surface area contributed by atoms with Crippen LogP contribution in [-0.2, 0) is 45.1 Å². The van der Waals surface area contributed by atoms with Gasteiger partial charge in [0.2, 0.25) is 0 Å². The molecule has 10 rings (SSSR count). The minimum absolute atomic E-state index is 0.0541. The first-order chi connectivity index (χ1) is 24.3. The van der Waals surface area contributed by atoms with Crippen molar-refractivity contribution in [2.45, 2.75) is 96.6 Å². The summed E-state index contributed by atoms with van der Waals surface area (Å²) < 4.78 is 19.2. The monoisotopic (exact) mass is 680 g/mol. The lowest BCUT2D eigenvalue weighted by molar-refractivity contribution is -0.146. The van der Waals surface area contributed by atoms with Gasteiger partial charge in [-0.2, -0.15) is 0 Å². The minimum Gasteiger partial charge on any atom is -0.481 e. The number of nitrogens with zero attached hydrogens (tertiary/aromatic N) is 4. The number of carboxylic acid groups (broad SMARTS) is 1. The average molecular weight is 681 g/mol. The number of benzene rings is 3. The van der Waals surface area contributed by atoms with Gasteiger partial charge in [0.05, 0.1) is 12.1 Å². The van der Waals surface area contributed by atoms with E-state index in [9.17, 15) is 19.5 Å². The summed E-state index contributed by atoms with van der Waals surface area (Å²) >= 11 is 0. The molecule has 1 fully saturated rings. The molecule has 5 aliphatic heterocycles. The van der Waals surface area contributed by atoms with Crippen LogP contribution in [-0.4, -0.2) is 68.4 Å². The summed E-state index contributed by atoms with van der Waals surface area (Å²) in [6, 6.07) is 17.5. The molecular weight excluding hydrogens is 636 g/mol. The van der Waals surface area contributed by atoms with Crippen LogP contribution in [0.5, 0.6) is 0 Å². The lowest BCUT2D eigenvalue weighted by Gasteiger charge is -2.33. The maximum atomic E-state index is 13.7. The summed E-state index contributed by atoms with van der Waals surface area (Å²) in [4.78, 5) is 41.8. The predicted octanol–water partition coefficient (Wildman–Crippen LogP) is 6.57. The fourth-order valence-electron chi connectivity index (χ4n) is 7.83. The molecule has 3 atom stereocenters. The first-order valence-electron chi connectivity index (χ1n) is 17.8. The third kappa shape index (κ3) is 6.96. The highest BCUT2D eigenvalue weighted by molar-refractivity contribution is 5.94. The maximum absolute atomic E-state index is 13.7. The maximum Gasteiger partial charge on any atom is 0.508 e. The van der Waals surface area contributed by atoms with Crippen LogP contribution in [0.2, 0.25) is 0 Å². The second kappa shape index (κ2) is 14.6. The normalized spacial score (nSPS) is 19.8. The Morgan fingerprint density at radius 1 is 0.980 bits per heavy atom. The zero-order valence-electron chi connectivity index (χ0n) is 28.7. The molecule has 1 aromatic heterocycles. The summed E-state index contributed by atoms with van der Waals surface area (Å²) in [6.45, 7) is 6.10. The molecule has 1 aliphatic carbocycles. The number of aromatic nitrogens is 3. The number of amides is 1. The summed E-state index contributed by atoms with van der Waals surface area (Å²) in [5, 5.41) is 19.8. The molecule has 1 N–H and O–H groups in total. The van der Waals surface area contributed by atoms with E-state index in [0.717, 1.165) is 77.4 Å². The second-order valence-electron chi connectivity index (χ2n) is 13.9. The van der Waals surface area contributed by atoms with Crippen molar-refractivity contribution in [1.29, 1.82) is 0 Å². The third-order valence-corrected chi connectivity index (χ3v) is 10.6. The Kier molecular flexibility index (Phi) is 9.85. The highest BCUT2D eigenvalue weighted by atomic mass is 16.7. The number of carboxylic acids is 1. The molecule has 11 heteroatoms. The molecule has 50 heavy (non-hydrogen) atoms. The van der Waals surface area contributed by atoms with Crippen LogP contribution in [0.25, 0.3) is 11.0 Å². The van der Waals surface area contributed by atoms with Gasteiger partial charge in [-0.25, -0.2) is 9.48 Å². The van der Waals surface area contributed by atoms with E-state index in [1.807, 2.05) is 71.1 Å². The molecule has 6 aliphatic rings. The Labute approximate surface area is 291 Å². The van der Waals surface area contributed by atoms with Gasteiger partial charge in [0.25, 0.3) is 5.91 Å². The van der Waals surface area contributed by atoms with E-state index in [0.29, 0.717) is 50.3 Å². The molecule has 1 saturated carbocycles. The number of carbonyl (C=O) groups is 3. The Balaban J connectivity index is 1.29. The number of hydrogen-bond donors (Lipinski definition) is 1. The number of aliphatic carboxylic acids is 1. The number of aryl methyl sites for hydroxylation is 2. The summed E-state index contributed by atoms with van der Waals surface area (Å²) in [7, 11) is 0. The zero-order chi connectivity index (χ0) is 34.8. The number of ether oxygens (including phenoxy) is 3. The first-order valence-corrected chi connectivity index (χ1v) is 17.8. The molecule has 4 aromatic rings. The molecule has 11 nitrogen and oxygen atoms in total. The average Bonchev–Trinajstić information content (AvgIpc) is 3.53. The Morgan fingerprint density at radius 3 is 2.56 bits per heavy atom. The van der Waals surface area contributed by atoms with Crippen LogP contribution in [0.3, 0.4) is 0 Å². The fourth-order valence-corrected chi connectivity index (χ4v) is 7.83. The molecular formula is C39H44N4O7. The molecule has 0 radical (unpaired) electrons. The van der Waals surface area contributed by atoms with Crippen molar-refractivity contribution in [2.75, 3.05) is 13.2 Å². The van der Waals surface area contributed by atoms with Crippen molar-refractivity contribution in [3.8, 4) is 0 Å². The SMILES string of the molecule is Cc1c2ccc3c1nnn3CCCOCc1ccc(cc1)C(=O)N1CCc3ccc(cc3C1)C2C(C(=O)O)C(C)OC(=O)OC1CCCCC1. The van der Waals surface area contributed by atoms with Gasteiger partial charge >= 0.3 is 12.1 Å². The highest BCUT2D eigenvalue weighted by Crippen LogP contribution is 2.40. The van der Waals surface area contributed by atoms with E-state index in [4.69, 9.17) is 14.2 Å². The van der Waals surface area contributed by atoms with Crippen LogP contribution in [0.4, 0.5) is 4.79 Å². The Morgan fingerprint density at radius 2 is 1.78 bits per heavy atom. The predicted molar refractivity (Wildman–Crippen MR) is 185 cm³/mol. The second-order valence-corrected chi connectivity index (χ2v) is 13.9. The van der Waals surface area contributed by atoms with Gasteiger partial charge in [-0.05, 0) is 104 Å². The van der Waals surface area contributed by atoms with Crippen molar-refractivity contribution in [1.82, 2.24) is 19.9 Å².